The molecule has 0 aromatic heterocycles. The number of guanidine groups is 1. The second-order valence-corrected chi connectivity index (χ2v) is 4.24. The molecular weight excluding hydrogens is 397 g/mol. The molecule has 22 heavy (non-hydrogen) atoms. The van der Waals surface area contributed by atoms with Gasteiger partial charge in [-0.1, -0.05) is 12.1 Å². The third-order valence-corrected chi connectivity index (χ3v) is 2.80. The lowest BCUT2D eigenvalue weighted by atomic mass is 10.1. The molecular formula is C15H24IN3O3. The number of esters is 1. The van der Waals surface area contributed by atoms with E-state index in [1.54, 1.807) is 19.2 Å². The van der Waals surface area contributed by atoms with Gasteiger partial charge in [-0.3, -0.25) is 4.99 Å². The second-order valence-electron chi connectivity index (χ2n) is 4.24. The van der Waals surface area contributed by atoms with Crippen molar-refractivity contribution < 1.29 is 14.3 Å². The summed E-state index contributed by atoms with van der Waals surface area (Å²) in [4.78, 5) is 15.5. The summed E-state index contributed by atoms with van der Waals surface area (Å²) in [6.07, 6.45) is 0. The van der Waals surface area contributed by atoms with Gasteiger partial charge in [-0.25, -0.2) is 4.79 Å². The number of halogens is 1. The number of hydrogen-bond donors (Lipinski definition) is 2. The maximum Gasteiger partial charge on any atom is 0.337 e. The number of carbonyl (C=O) groups excluding carboxylic acids is 1. The molecule has 0 bridgehead atoms. The minimum absolute atomic E-state index is 0. The lowest BCUT2D eigenvalue weighted by Gasteiger charge is -2.12. The van der Waals surface area contributed by atoms with Crippen LogP contribution in [0.3, 0.4) is 0 Å². The topological polar surface area (TPSA) is 72.0 Å². The predicted octanol–water partition coefficient (Wildman–Crippen LogP) is 1.79. The summed E-state index contributed by atoms with van der Waals surface area (Å²) >= 11 is 0. The number of aliphatic imine (C=N–C) groups is 1. The molecule has 7 heteroatoms. The minimum Gasteiger partial charge on any atom is -0.465 e. The van der Waals surface area contributed by atoms with E-state index in [1.807, 2.05) is 19.1 Å². The van der Waals surface area contributed by atoms with Crippen LogP contribution in [0.25, 0.3) is 0 Å². The molecule has 0 saturated heterocycles. The zero-order chi connectivity index (χ0) is 15.5. The molecule has 0 heterocycles. The average molecular weight is 421 g/mol. The Morgan fingerprint density at radius 3 is 2.45 bits per heavy atom. The Morgan fingerprint density at radius 1 is 1.23 bits per heavy atom. The molecule has 0 aliphatic heterocycles. The van der Waals surface area contributed by atoms with Crippen molar-refractivity contribution >= 4 is 35.9 Å². The molecule has 0 unspecified atom stereocenters. The van der Waals surface area contributed by atoms with E-state index in [2.05, 4.69) is 20.4 Å². The monoisotopic (exact) mass is 421 g/mol. The summed E-state index contributed by atoms with van der Waals surface area (Å²) in [5.41, 5.74) is 1.59. The van der Waals surface area contributed by atoms with E-state index < -0.39 is 0 Å². The van der Waals surface area contributed by atoms with Crippen molar-refractivity contribution in [2.24, 2.45) is 4.99 Å². The van der Waals surface area contributed by atoms with E-state index in [4.69, 9.17) is 4.74 Å². The lowest BCUT2D eigenvalue weighted by Crippen LogP contribution is -2.38. The van der Waals surface area contributed by atoms with Gasteiger partial charge in [0.15, 0.2) is 5.96 Å². The fourth-order valence-corrected chi connectivity index (χ4v) is 1.67. The third-order valence-electron chi connectivity index (χ3n) is 2.80. The molecule has 0 amide bonds. The van der Waals surface area contributed by atoms with Gasteiger partial charge in [0, 0.05) is 26.7 Å². The quantitative estimate of drug-likeness (QED) is 0.231. The molecule has 1 aromatic rings. The SMILES string of the molecule is CCOCCNC(=NC)NCc1ccc(C(=O)OC)cc1.I. The molecule has 0 aliphatic rings. The summed E-state index contributed by atoms with van der Waals surface area (Å²) in [5.74, 6) is 0.384. The van der Waals surface area contributed by atoms with E-state index in [0.29, 0.717) is 37.8 Å². The number of hydrogen-bond acceptors (Lipinski definition) is 4. The van der Waals surface area contributed by atoms with Crippen molar-refractivity contribution in [2.75, 3.05) is 33.9 Å². The second kappa shape index (κ2) is 12.2. The highest BCUT2D eigenvalue weighted by Crippen LogP contribution is 2.05. The largest absolute Gasteiger partial charge is 0.465 e. The highest BCUT2D eigenvalue weighted by molar-refractivity contribution is 14.0. The normalized spacial score (nSPS) is 10.6. The maximum absolute atomic E-state index is 11.3. The number of methoxy groups -OCH3 is 1. The van der Waals surface area contributed by atoms with Crippen LogP contribution < -0.4 is 10.6 Å². The maximum atomic E-state index is 11.3. The summed E-state index contributed by atoms with van der Waals surface area (Å²) in [5, 5.41) is 6.35. The molecule has 0 saturated carbocycles. The van der Waals surface area contributed by atoms with Crippen LogP contribution in [0.15, 0.2) is 29.3 Å². The standard InChI is InChI=1S/C15H23N3O3.HI/c1-4-21-10-9-17-15(16-2)18-11-12-5-7-13(8-6-12)14(19)20-3;/h5-8H,4,9-11H2,1-3H3,(H2,16,17,18);1H. The Balaban J connectivity index is 0.00000441. The Morgan fingerprint density at radius 2 is 1.91 bits per heavy atom. The van der Waals surface area contributed by atoms with E-state index >= 15 is 0 Å². The molecule has 1 aromatic carbocycles. The van der Waals surface area contributed by atoms with Crippen LogP contribution in [-0.2, 0) is 16.0 Å². The molecule has 0 atom stereocenters. The van der Waals surface area contributed by atoms with Crippen LogP contribution in [0.1, 0.15) is 22.8 Å². The minimum atomic E-state index is -0.331. The molecule has 6 nitrogen and oxygen atoms in total. The summed E-state index contributed by atoms with van der Waals surface area (Å²) < 4.78 is 9.91. The van der Waals surface area contributed by atoms with Crippen molar-refractivity contribution in [1.82, 2.24) is 10.6 Å². The first-order chi connectivity index (χ1) is 10.2. The van der Waals surface area contributed by atoms with Gasteiger partial charge in [0.05, 0.1) is 19.3 Å². The fourth-order valence-electron chi connectivity index (χ4n) is 1.67. The number of ether oxygens (including phenoxy) is 2. The van der Waals surface area contributed by atoms with Crippen molar-refractivity contribution in [3.8, 4) is 0 Å². The zero-order valence-corrected chi connectivity index (χ0v) is 15.5. The lowest BCUT2D eigenvalue weighted by molar-refractivity contribution is 0.0600. The smallest absolute Gasteiger partial charge is 0.337 e. The van der Waals surface area contributed by atoms with Crippen LogP contribution in [0, 0.1) is 0 Å². The Hall–Kier alpha value is -1.35. The van der Waals surface area contributed by atoms with Crippen molar-refractivity contribution in [3.63, 3.8) is 0 Å². The Kier molecular flexibility index (Phi) is 11.5. The van der Waals surface area contributed by atoms with E-state index in [9.17, 15) is 4.79 Å². The third kappa shape index (κ3) is 7.60. The first-order valence-electron chi connectivity index (χ1n) is 6.90. The van der Waals surface area contributed by atoms with Gasteiger partial charge in [-0.2, -0.15) is 0 Å². The van der Waals surface area contributed by atoms with Gasteiger partial charge in [-0.15, -0.1) is 24.0 Å². The molecule has 0 aliphatic carbocycles. The fraction of sp³-hybridized carbons (Fsp3) is 0.467. The van der Waals surface area contributed by atoms with Crippen LogP contribution in [0.4, 0.5) is 0 Å². The average Bonchev–Trinajstić information content (AvgIpc) is 2.54. The predicted molar refractivity (Wildman–Crippen MR) is 97.9 cm³/mol. The zero-order valence-electron chi connectivity index (χ0n) is 13.2. The van der Waals surface area contributed by atoms with E-state index in [0.717, 1.165) is 5.56 Å². The Bertz CT molecular complexity index is 464. The first kappa shape index (κ1) is 20.6. The van der Waals surface area contributed by atoms with Gasteiger partial charge in [0.2, 0.25) is 0 Å². The molecule has 124 valence electrons. The van der Waals surface area contributed by atoms with E-state index in [-0.39, 0.29) is 29.9 Å². The van der Waals surface area contributed by atoms with Gasteiger partial charge >= 0.3 is 5.97 Å². The van der Waals surface area contributed by atoms with Crippen LogP contribution in [0.2, 0.25) is 0 Å². The van der Waals surface area contributed by atoms with Crippen molar-refractivity contribution in [3.05, 3.63) is 35.4 Å². The molecule has 0 spiro atoms. The molecule has 2 N–H and O–H groups in total. The van der Waals surface area contributed by atoms with E-state index in [1.165, 1.54) is 7.11 Å². The first-order valence-corrected chi connectivity index (χ1v) is 6.90. The number of nitrogens with zero attached hydrogens (tertiary/aromatic N) is 1. The molecule has 0 fully saturated rings. The number of benzene rings is 1. The van der Waals surface area contributed by atoms with Crippen molar-refractivity contribution in [2.45, 2.75) is 13.5 Å². The molecule has 0 radical (unpaired) electrons. The summed E-state index contributed by atoms with van der Waals surface area (Å²) in [6, 6.07) is 7.25. The van der Waals surface area contributed by atoms with Gasteiger partial charge in [0.1, 0.15) is 0 Å². The van der Waals surface area contributed by atoms with Gasteiger partial charge in [0.25, 0.3) is 0 Å². The van der Waals surface area contributed by atoms with Crippen LogP contribution >= 0.6 is 24.0 Å². The summed E-state index contributed by atoms with van der Waals surface area (Å²) in [7, 11) is 3.09. The van der Waals surface area contributed by atoms with Crippen LogP contribution in [-0.4, -0.2) is 45.8 Å². The number of rotatable bonds is 7. The van der Waals surface area contributed by atoms with Gasteiger partial charge < -0.3 is 20.1 Å². The highest BCUT2D eigenvalue weighted by atomic mass is 127. The number of nitrogens with one attached hydrogen (secondary N) is 2. The van der Waals surface area contributed by atoms with Gasteiger partial charge in [-0.05, 0) is 24.6 Å². The van der Waals surface area contributed by atoms with Crippen molar-refractivity contribution in [1.29, 1.82) is 0 Å². The van der Waals surface area contributed by atoms with Crippen LogP contribution in [0.5, 0.6) is 0 Å². The Labute approximate surface area is 148 Å². The highest BCUT2D eigenvalue weighted by Gasteiger charge is 2.04. The molecule has 1 rings (SSSR count). The summed E-state index contributed by atoms with van der Waals surface area (Å²) in [6.45, 7) is 4.64. The number of carbonyl (C=O) groups is 1.